The van der Waals surface area contributed by atoms with E-state index in [4.69, 9.17) is 23.7 Å². The van der Waals surface area contributed by atoms with E-state index < -0.39 is 23.8 Å². The highest BCUT2D eigenvalue weighted by Gasteiger charge is 2.46. The summed E-state index contributed by atoms with van der Waals surface area (Å²) >= 11 is 0. The third-order valence-electron chi connectivity index (χ3n) is 4.68. The molecule has 2 aromatic rings. The average Bonchev–Trinajstić information content (AvgIpc) is 2.78. The number of carbonyl (C=O) groups excluding carboxylic acids is 1. The Hall–Kier alpha value is -2.65. The Kier molecular flexibility index (Phi) is 9.26. The SMILES string of the molecule is CCOC(=O)[C@](C)(O)[C@@H](O)[C@@H](OCOC)c1ccc(OCc2ccccc2)cc1OC. The van der Waals surface area contributed by atoms with Crippen LogP contribution in [0.4, 0.5) is 0 Å². The second kappa shape index (κ2) is 11.7. The van der Waals surface area contributed by atoms with Crippen molar-refractivity contribution < 1.29 is 38.7 Å². The minimum atomic E-state index is -2.22. The Bertz CT molecular complexity index is 822. The summed E-state index contributed by atoms with van der Waals surface area (Å²) in [6.45, 7) is 3.02. The van der Waals surface area contributed by atoms with Gasteiger partial charge in [-0.25, -0.2) is 4.79 Å². The van der Waals surface area contributed by atoms with Crippen LogP contribution in [0.15, 0.2) is 48.5 Å². The topological polar surface area (TPSA) is 104 Å². The molecule has 8 heteroatoms. The van der Waals surface area contributed by atoms with Crippen LogP contribution in [0.1, 0.15) is 31.1 Å². The zero-order valence-corrected chi connectivity index (χ0v) is 18.2. The molecule has 8 nitrogen and oxygen atoms in total. The highest BCUT2D eigenvalue weighted by atomic mass is 16.7. The van der Waals surface area contributed by atoms with Crippen LogP contribution in [-0.4, -0.2) is 55.5 Å². The van der Waals surface area contributed by atoms with E-state index in [9.17, 15) is 15.0 Å². The maximum atomic E-state index is 12.2. The van der Waals surface area contributed by atoms with Gasteiger partial charge in [-0.1, -0.05) is 30.3 Å². The predicted molar refractivity (Wildman–Crippen MR) is 113 cm³/mol. The molecule has 0 unspecified atom stereocenters. The molecule has 2 aromatic carbocycles. The molecule has 0 heterocycles. The molecule has 0 aliphatic rings. The van der Waals surface area contributed by atoms with Gasteiger partial charge in [-0.3, -0.25) is 0 Å². The summed E-state index contributed by atoms with van der Waals surface area (Å²) in [7, 11) is 2.88. The van der Waals surface area contributed by atoms with E-state index in [0.717, 1.165) is 5.56 Å². The van der Waals surface area contributed by atoms with Crippen molar-refractivity contribution in [2.45, 2.75) is 38.3 Å². The van der Waals surface area contributed by atoms with Crippen molar-refractivity contribution in [3.63, 3.8) is 0 Å². The van der Waals surface area contributed by atoms with Crippen molar-refractivity contribution in [2.75, 3.05) is 27.6 Å². The highest BCUT2D eigenvalue weighted by molar-refractivity contribution is 5.79. The molecule has 2 rings (SSSR count). The van der Waals surface area contributed by atoms with Crippen molar-refractivity contribution in [3.05, 3.63) is 59.7 Å². The standard InChI is InChI=1S/C23H30O8/c1-5-29-22(25)23(2,26)21(24)20(31-15-27-3)18-12-11-17(13-19(18)28-4)30-14-16-9-7-6-8-10-16/h6-13,20-21,24,26H,5,14-15H2,1-4H3/t20-,21-,23+/m0/s1. The molecule has 0 amide bonds. The van der Waals surface area contributed by atoms with Crippen LogP contribution in [0.25, 0.3) is 0 Å². The first kappa shape index (κ1) is 24.6. The number of esters is 1. The number of carbonyl (C=O) groups is 1. The lowest BCUT2D eigenvalue weighted by Gasteiger charge is -2.33. The molecule has 170 valence electrons. The number of aliphatic hydroxyl groups is 2. The predicted octanol–water partition coefficient (Wildman–Crippen LogP) is 2.61. The fourth-order valence-corrected chi connectivity index (χ4v) is 2.94. The van der Waals surface area contributed by atoms with E-state index in [1.54, 1.807) is 25.1 Å². The number of hydrogen-bond donors (Lipinski definition) is 2. The number of rotatable bonds is 12. The lowest BCUT2D eigenvalue weighted by Crippen LogP contribution is -2.51. The van der Waals surface area contributed by atoms with E-state index >= 15 is 0 Å². The monoisotopic (exact) mass is 434 g/mol. The Morgan fingerprint density at radius 1 is 1.13 bits per heavy atom. The summed E-state index contributed by atoms with van der Waals surface area (Å²) in [5.74, 6) is -0.0674. The Labute approximate surface area is 182 Å². The lowest BCUT2D eigenvalue weighted by atomic mass is 9.90. The molecular weight excluding hydrogens is 404 g/mol. The molecule has 0 saturated carbocycles. The van der Waals surface area contributed by atoms with Crippen LogP contribution in [0.2, 0.25) is 0 Å². The molecule has 0 fully saturated rings. The summed E-state index contributed by atoms with van der Waals surface area (Å²) < 4.78 is 26.7. The van der Waals surface area contributed by atoms with Gasteiger partial charge in [0.25, 0.3) is 0 Å². The Balaban J connectivity index is 2.29. The molecule has 0 bridgehead atoms. The number of hydrogen-bond acceptors (Lipinski definition) is 8. The number of benzene rings is 2. The third kappa shape index (κ3) is 6.41. The summed E-state index contributed by atoms with van der Waals surface area (Å²) in [6.07, 6.45) is -2.80. The largest absolute Gasteiger partial charge is 0.496 e. The van der Waals surface area contributed by atoms with E-state index in [1.807, 2.05) is 30.3 Å². The first-order chi connectivity index (χ1) is 14.8. The maximum Gasteiger partial charge on any atom is 0.340 e. The summed E-state index contributed by atoms with van der Waals surface area (Å²) in [6, 6.07) is 14.7. The van der Waals surface area contributed by atoms with E-state index in [-0.39, 0.29) is 13.4 Å². The minimum Gasteiger partial charge on any atom is -0.496 e. The van der Waals surface area contributed by atoms with Gasteiger partial charge in [0.2, 0.25) is 0 Å². The molecule has 0 aliphatic heterocycles. The first-order valence-electron chi connectivity index (χ1n) is 9.88. The Morgan fingerprint density at radius 3 is 2.45 bits per heavy atom. The fraction of sp³-hybridized carbons (Fsp3) is 0.435. The van der Waals surface area contributed by atoms with Gasteiger partial charge >= 0.3 is 5.97 Å². The van der Waals surface area contributed by atoms with Crippen LogP contribution in [-0.2, 0) is 25.6 Å². The molecule has 0 saturated heterocycles. The Morgan fingerprint density at radius 2 is 1.84 bits per heavy atom. The highest BCUT2D eigenvalue weighted by Crippen LogP contribution is 2.36. The fourth-order valence-electron chi connectivity index (χ4n) is 2.94. The molecule has 0 spiro atoms. The zero-order valence-electron chi connectivity index (χ0n) is 18.2. The number of methoxy groups -OCH3 is 2. The summed E-state index contributed by atoms with van der Waals surface area (Å²) in [4.78, 5) is 12.2. The zero-order chi connectivity index (χ0) is 22.9. The molecule has 0 aliphatic carbocycles. The third-order valence-corrected chi connectivity index (χ3v) is 4.68. The van der Waals surface area contributed by atoms with Crippen LogP contribution in [0.3, 0.4) is 0 Å². The minimum absolute atomic E-state index is 0.0576. The molecule has 31 heavy (non-hydrogen) atoms. The van der Waals surface area contributed by atoms with Gasteiger partial charge in [0, 0.05) is 18.7 Å². The van der Waals surface area contributed by atoms with Crippen molar-refractivity contribution in [1.29, 1.82) is 0 Å². The van der Waals surface area contributed by atoms with Crippen molar-refractivity contribution in [1.82, 2.24) is 0 Å². The summed E-state index contributed by atoms with van der Waals surface area (Å²) in [5, 5.41) is 21.5. The van der Waals surface area contributed by atoms with Crippen LogP contribution < -0.4 is 9.47 Å². The van der Waals surface area contributed by atoms with E-state index in [1.165, 1.54) is 21.1 Å². The maximum absolute atomic E-state index is 12.2. The normalized spacial score (nSPS) is 14.9. The van der Waals surface area contributed by atoms with Crippen molar-refractivity contribution in [2.24, 2.45) is 0 Å². The lowest BCUT2D eigenvalue weighted by molar-refractivity contribution is -0.196. The second-order valence-electron chi connectivity index (χ2n) is 6.98. The molecule has 0 aromatic heterocycles. The van der Waals surface area contributed by atoms with Gasteiger partial charge in [-0.2, -0.15) is 0 Å². The van der Waals surface area contributed by atoms with Crippen LogP contribution in [0.5, 0.6) is 11.5 Å². The molecule has 3 atom stereocenters. The van der Waals surface area contributed by atoms with Gasteiger partial charge in [0.1, 0.15) is 37.1 Å². The van der Waals surface area contributed by atoms with Gasteiger partial charge in [0.05, 0.1) is 13.7 Å². The molecular formula is C23H30O8. The number of aliphatic hydroxyl groups excluding tert-OH is 1. The van der Waals surface area contributed by atoms with Crippen molar-refractivity contribution in [3.8, 4) is 11.5 Å². The van der Waals surface area contributed by atoms with Gasteiger partial charge in [0.15, 0.2) is 5.60 Å². The van der Waals surface area contributed by atoms with E-state index in [2.05, 4.69) is 0 Å². The molecule has 2 N–H and O–H groups in total. The van der Waals surface area contributed by atoms with Gasteiger partial charge in [-0.15, -0.1) is 0 Å². The average molecular weight is 434 g/mol. The van der Waals surface area contributed by atoms with Crippen LogP contribution >= 0.6 is 0 Å². The van der Waals surface area contributed by atoms with Gasteiger partial charge in [-0.05, 0) is 31.5 Å². The first-order valence-corrected chi connectivity index (χ1v) is 9.88. The smallest absolute Gasteiger partial charge is 0.340 e. The quantitative estimate of drug-likeness (QED) is 0.388. The van der Waals surface area contributed by atoms with Crippen LogP contribution in [0, 0.1) is 0 Å². The van der Waals surface area contributed by atoms with Crippen molar-refractivity contribution >= 4 is 5.97 Å². The molecule has 0 radical (unpaired) electrons. The summed E-state index contributed by atoms with van der Waals surface area (Å²) in [5.41, 5.74) is -0.807. The second-order valence-corrected chi connectivity index (χ2v) is 6.98. The number of ether oxygens (including phenoxy) is 5. The van der Waals surface area contributed by atoms with E-state index in [0.29, 0.717) is 23.7 Å². The van der Waals surface area contributed by atoms with Gasteiger partial charge < -0.3 is 33.9 Å².